The van der Waals surface area contributed by atoms with Crippen LogP contribution in [0.2, 0.25) is 0 Å². The van der Waals surface area contributed by atoms with Gasteiger partial charge in [0.2, 0.25) is 0 Å². The van der Waals surface area contributed by atoms with Gasteiger partial charge in [0.05, 0.1) is 0 Å². The van der Waals surface area contributed by atoms with Crippen molar-refractivity contribution in [3.63, 3.8) is 0 Å². The van der Waals surface area contributed by atoms with Crippen molar-refractivity contribution in [2.45, 2.75) is 6.92 Å². The maximum Gasteiger partial charge on any atom is 0.172 e. The molecule has 0 aliphatic carbocycles. The molecule has 0 aliphatic heterocycles. The predicted octanol–water partition coefficient (Wildman–Crippen LogP) is 3.27. The lowest BCUT2D eigenvalue weighted by Gasteiger charge is -2.30. The van der Waals surface area contributed by atoms with Gasteiger partial charge in [0.1, 0.15) is 0 Å². The fourth-order valence-corrected chi connectivity index (χ4v) is 7.37. The molecule has 0 bridgehead atoms. The van der Waals surface area contributed by atoms with Gasteiger partial charge in [0.25, 0.3) is 0 Å². The highest BCUT2D eigenvalue weighted by atomic mass is 28.3. The van der Waals surface area contributed by atoms with E-state index >= 15 is 0 Å². The summed E-state index contributed by atoms with van der Waals surface area (Å²) < 4.78 is 0. The highest BCUT2D eigenvalue weighted by Crippen LogP contribution is 2.09. The first-order valence-corrected chi connectivity index (χ1v) is 9.76. The topological polar surface area (TPSA) is 0 Å². The Kier molecular flexibility index (Phi) is 4.36. The van der Waals surface area contributed by atoms with Gasteiger partial charge in [-0.2, -0.15) is 0 Å². The maximum absolute atomic E-state index is 2.44. The zero-order valence-electron chi connectivity index (χ0n) is 12.8. The van der Waals surface area contributed by atoms with Gasteiger partial charge < -0.3 is 0 Å². The van der Waals surface area contributed by atoms with Crippen LogP contribution in [0.15, 0.2) is 103 Å². The van der Waals surface area contributed by atoms with E-state index in [1.807, 2.05) is 0 Å². The van der Waals surface area contributed by atoms with Gasteiger partial charge >= 0.3 is 0 Å². The fourth-order valence-electron chi connectivity index (χ4n) is 3.14. The summed E-state index contributed by atoms with van der Waals surface area (Å²) in [6, 6.07) is 32.8. The molecule has 0 amide bonds. The molecule has 0 aliphatic rings. The number of hydrogen-bond donors (Lipinski definition) is 0. The Morgan fingerprint density at radius 3 is 1.14 bits per heavy atom. The summed E-state index contributed by atoms with van der Waals surface area (Å²) in [6.45, 7) is 2.12. The molecule has 0 aromatic heterocycles. The summed E-state index contributed by atoms with van der Waals surface area (Å²) in [5.41, 5.74) is 2.44. The van der Waals surface area contributed by atoms with E-state index in [4.69, 9.17) is 0 Å². The molecule has 0 fully saturated rings. The number of allylic oxidation sites excluding steroid dienone is 1. The molecule has 0 heterocycles. The highest BCUT2D eigenvalue weighted by Gasteiger charge is 2.36. The molecule has 108 valence electrons. The van der Waals surface area contributed by atoms with Crippen molar-refractivity contribution in [2.75, 3.05) is 0 Å². The first-order chi connectivity index (χ1) is 10.9. The summed E-state index contributed by atoms with van der Waals surface area (Å²) in [5.74, 6) is 0. The van der Waals surface area contributed by atoms with Crippen molar-refractivity contribution in [3.05, 3.63) is 103 Å². The highest BCUT2D eigenvalue weighted by molar-refractivity contribution is 7.14. The van der Waals surface area contributed by atoms with Crippen molar-refractivity contribution < 1.29 is 0 Å². The van der Waals surface area contributed by atoms with E-state index in [2.05, 4.69) is 110 Å². The van der Waals surface area contributed by atoms with Crippen LogP contribution in [0.4, 0.5) is 0 Å². The van der Waals surface area contributed by atoms with E-state index in [0.29, 0.717) is 0 Å². The minimum atomic E-state index is -2.10. The molecule has 0 spiro atoms. The Morgan fingerprint density at radius 2 is 0.864 bits per heavy atom. The van der Waals surface area contributed by atoms with Crippen molar-refractivity contribution in [1.29, 1.82) is 0 Å². The Bertz CT molecular complexity index is 634. The lowest BCUT2D eigenvalue weighted by molar-refractivity contribution is 1.67. The monoisotopic (exact) mass is 300 g/mol. The SMILES string of the molecule is CC=C[Si](c1ccccc1)(c1ccccc1)c1ccccc1. The molecule has 3 aromatic rings. The molecule has 0 atom stereocenters. The minimum Gasteiger partial charge on any atom is -0.0945 e. The third kappa shape index (κ3) is 2.56. The molecule has 1 heteroatoms. The van der Waals surface area contributed by atoms with Gasteiger partial charge in [-0.05, 0) is 22.5 Å². The Hall–Kier alpha value is -2.38. The summed E-state index contributed by atoms with van der Waals surface area (Å²) >= 11 is 0. The minimum absolute atomic E-state index is 1.42. The van der Waals surface area contributed by atoms with Crippen molar-refractivity contribution in [1.82, 2.24) is 0 Å². The average Bonchev–Trinajstić information content (AvgIpc) is 2.62. The van der Waals surface area contributed by atoms with Crippen LogP contribution < -0.4 is 15.6 Å². The van der Waals surface area contributed by atoms with E-state index in [1.165, 1.54) is 15.6 Å². The quantitative estimate of drug-likeness (QED) is 0.512. The molecule has 0 nitrogen and oxygen atoms in total. The molecule has 0 saturated heterocycles. The first kappa shape index (κ1) is 14.5. The normalized spacial score (nSPS) is 11.7. The molecule has 0 saturated carbocycles. The molecular formula is C21H20Si. The van der Waals surface area contributed by atoms with E-state index in [0.717, 1.165) is 0 Å². The molecule has 3 aromatic carbocycles. The molecular weight excluding hydrogens is 280 g/mol. The number of hydrogen-bond acceptors (Lipinski definition) is 0. The molecule has 22 heavy (non-hydrogen) atoms. The van der Waals surface area contributed by atoms with Crippen LogP contribution >= 0.6 is 0 Å². The van der Waals surface area contributed by atoms with Crippen LogP contribution in [-0.2, 0) is 0 Å². The van der Waals surface area contributed by atoms with E-state index in [9.17, 15) is 0 Å². The standard InChI is InChI=1S/C21H20Si/c1-2-18-22(19-12-6-3-7-13-19,20-14-8-4-9-15-20)21-16-10-5-11-17-21/h2-18H,1H3. The van der Waals surface area contributed by atoms with E-state index in [1.54, 1.807) is 0 Å². The van der Waals surface area contributed by atoms with Gasteiger partial charge in [-0.25, -0.2) is 0 Å². The first-order valence-electron chi connectivity index (χ1n) is 7.68. The lowest BCUT2D eigenvalue weighted by Crippen LogP contribution is -2.66. The zero-order valence-corrected chi connectivity index (χ0v) is 13.8. The molecule has 0 unspecified atom stereocenters. The molecule has 0 radical (unpaired) electrons. The third-order valence-electron chi connectivity index (χ3n) is 4.10. The molecule has 0 N–H and O–H groups in total. The van der Waals surface area contributed by atoms with E-state index in [-0.39, 0.29) is 0 Å². The fraction of sp³-hybridized carbons (Fsp3) is 0.0476. The predicted molar refractivity (Wildman–Crippen MR) is 98.8 cm³/mol. The number of benzene rings is 3. The maximum atomic E-state index is 2.44. The van der Waals surface area contributed by atoms with Crippen LogP contribution in [-0.4, -0.2) is 8.07 Å². The van der Waals surface area contributed by atoms with Gasteiger partial charge in [-0.1, -0.05) is 103 Å². The Morgan fingerprint density at radius 1 is 0.545 bits per heavy atom. The van der Waals surface area contributed by atoms with Crippen molar-refractivity contribution in [2.24, 2.45) is 0 Å². The van der Waals surface area contributed by atoms with Gasteiger partial charge in [0, 0.05) is 0 Å². The zero-order chi connectivity index (χ0) is 15.3. The summed E-state index contributed by atoms with van der Waals surface area (Å²) in [6.07, 6.45) is 2.21. The summed E-state index contributed by atoms with van der Waals surface area (Å²) in [4.78, 5) is 0. The second-order valence-corrected chi connectivity index (χ2v) is 9.09. The van der Waals surface area contributed by atoms with Gasteiger partial charge in [0.15, 0.2) is 8.07 Å². The third-order valence-corrected chi connectivity index (χ3v) is 8.67. The van der Waals surface area contributed by atoms with E-state index < -0.39 is 8.07 Å². The second-order valence-electron chi connectivity index (χ2n) is 5.41. The van der Waals surface area contributed by atoms with Crippen LogP contribution in [0.5, 0.6) is 0 Å². The second kappa shape index (κ2) is 6.59. The van der Waals surface area contributed by atoms with Crippen LogP contribution in [0.25, 0.3) is 0 Å². The Labute approximate surface area is 133 Å². The van der Waals surface area contributed by atoms with Gasteiger partial charge in [-0.3, -0.25) is 0 Å². The van der Waals surface area contributed by atoms with Crippen LogP contribution in [0, 0.1) is 0 Å². The lowest BCUT2D eigenvalue weighted by atomic mass is 10.3. The largest absolute Gasteiger partial charge is 0.172 e. The number of rotatable bonds is 4. The summed E-state index contributed by atoms with van der Waals surface area (Å²) in [5, 5.41) is 4.27. The van der Waals surface area contributed by atoms with Gasteiger partial charge in [-0.15, -0.1) is 0 Å². The van der Waals surface area contributed by atoms with Crippen LogP contribution in [0.1, 0.15) is 6.92 Å². The smallest absolute Gasteiger partial charge is 0.0945 e. The molecule has 3 rings (SSSR count). The Balaban J connectivity index is 2.34. The van der Waals surface area contributed by atoms with Crippen molar-refractivity contribution >= 4 is 23.6 Å². The summed E-state index contributed by atoms with van der Waals surface area (Å²) in [7, 11) is -2.10. The average molecular weight is 300 g/mol. The van der Waals surface area contributed by atoms with Crippen LogP contribution in [0.3, 0.4) is 0 Å². The van der Waals surface area contributed by atoms with Crippen molar-refractivity contribution in [3.8, 4) is 0 Å².